The molecule has 84 valence electrons. The first-order chi connectivity index (χ1) is 6.91. The van der Waals surface area contributed by atoms with Gasteiger partial charge in [-0.25, -0.2) is 8.78 Å². The number of aliphatic carboxylic acids is 1. The predicted molar refractivity (Wildman–Crippen MR) is 48.9 cm³/mol. The highest BCUT2D eigenvalue weighted by atomic mass is 19.3. The second-order valence-corrected chi connectivity index (χ2v) is 3.40. The fraction of sp³-hybridized carbons (Fsp3) is 0.556. The monoisotopic (exact) mass is 218 g/mol. The van der Waals surface area contributed by atoms with E-state index in [4.69, 9.17) is 5.11 Å². The predicted octanol–water partition coefficient (Wildman–Crippen LogP) is 2.16. The summed E-state index contributed by atoms with van der Waals surface area (Å²) in [6, 6.07) is 0.846. The molecule has 0 radical (unpaired) electrons. The van der Waals surface area contributed by atoms with Crippen molar-refractivity contribution in [1.82, 2.24) is 9.78 Å². The molecule has 0 saturated carbocycles. The van der Waals surface area contributed by atoms with Crippen LogP contribution in [-0.4, -0.2) is 20.9 Å². The Balaban J connectivity index is 2.89. The normalized spacial score (nSPS) is 13.1. The molecule has 0 aliphatic carbocycles. The number of carbonyl (C=O) groups is 1. The van der Waals surface area contributed by atoms with Crippen LogP contribution in [0.3, 0.4) is 0 Å². The molecule has 0 fully saturated rings. The Bertz CT molecular complexity index is 363. The smallest absolute Gasteiger partial charge is 0.305 e. The van der Waals surface area contributed by atoms with Gasteiger partial charge >= 0.3 is 5.97 Å². The van der Waals surface area contributed by atoms with Gasteiger partial charge in [0.2, 0.25) is 0 Å². The molecule has 6 heteroatoms. The molecule has 1 aromatic heterocycles. The summed E-state index contributed by atoms with van der Waals surface area (Å²) in [4.78, 5) is 10.4. The molecular weight excluding hydrogens is 206 g/mol. The first kappa shape index (κ1) is 11.6. The average Bonchev–Trinajstić information content (AvgIpc) is 2.46. The van der Waals surface area contributed by atoms with Crippen molar-refractivity contribution in [3.05, 3.63) is 17.5 Å². The maximum absolute atomic E-state index is 12.3. The Morgan fingerprint density at radius 2 is 2.27 bits per heavy atom. The lowest BCUT2D eigenvalue weighted by Crippen LogP contribution is -2.13. The lowest BCUT2D eigenvalue weighted by Gasteiger charge is -2.11. The van der Waals surface area contributed by atoms with Crippen LogP contribution in [0.25, 0.3) is 0 Å². The van der Waals surface area contributed by atoms with Crippen LogP contribution in [0.2, 0.25) is 0 Å². The zero-order chi connectivity index (χ0) is 11.6. The topological polar surface area (TPSA) is 55.1 Å². The highest BCUT2D eigenvalue weighted by Crippen LogP contribution is 2.21. The van der Waals surface area contributed by atoms with Gasteiger partial charge in [-0.3, -0.25) is 9.48 Å². The molecule has 0 aliphatic heterocycles. The van der Waals surface area contributed by atoms with E-state index in [1.54, 1.807) is 13.8 Å². The second kappa shape index (κ2) is 4.37. The zero-order valence-corrected chi connectivity index (χ0v) is 8.44. The van der Waals surface area contributed by atoms with Gasteiger partial charge in [-0.2, -0.15) is 5.10 Å². The van der Waals surface area contributed by atoms with Crippen LogP contribution in [0, 0.1) is 6.92 Å². The zero-order valence-electron chi connectivity index (χ0n) is 8.44. The number of hydrogen-bond donors (Lipinski definition) is 1. The highest BCUT2D eigenvalue weighted by Gasteiger charge is 2.17. The third-order valence-corrected chi connectivity index (χ3v) is 2.05. The summed E-state index contributed by atoms with van der Waals surface area (Å²) in [6.45, 7) is 3.25. The maximum atomic E-state index is 12.3. The van der Waals surface area contributed by atoms with Crippen molar-refractivity contribution >= 4 is 5.97 Å². The Hall–Kier alpha value is -1.46. The minimum atomic E-state index is -2.62. The molecule has 1 rings (SSSR count). The number of aryl methyl sites for hydroxylation is 1. The van der Waals surface area contributed by atoms with Crippen molar-refractivity contribution in [2.75, 3.05) is 0 Å². The SMILES string of the molecule is Cc1cc(C(F)F)nn1[C@H](C)CC(=O)O. The van der Waals surface area contributed by atoms with Crippen molar-refractivity contribution in [1.29, 1.82) is 0 Å². The van der Waals surface area contributed by atoms with Gasteiger partial charge in [-0.15, -0.1) is 0 Å². The quantitative estimate of drug-likeness (QED) is 0.842. The van der Waals surface area contributed by atoms with Crippen molar-refractivity contribution in [3.8, 4) is 0 Å². The molecule has 0 saturated heterocycles. The van der Waals surface area contributed by atoms with Crippen molar-refractivity contribution in [2.45, 2.75) is 32.7 Å². The minimum absolute atomic E-state index is 0.134. The van der Waals surface area contributed by atoms with E-state index in [9.17, 15) is 13.6 Å². The molecule has 0 amide bonds. The summed E-state index contributed by atoms with van der Waals surface area (Å²) in [6.07, 6.45) is -2.76. The van der Waals surface area contributed by atoms with Crippen molar-refractivity contribution in [3.63, 3.8) is 0 Å². The number of nitrogens with zero attached hydrogens (tertiary/aromatic N) is 2. The van der Waals surface area contributed by atoms with Crippen LogP contribution < -0.4 is 0 Å². The first-order valence-electron chi connectivity index (χ1n) is 4.47. The highest BCUT2D eigenvalue weighted by molar-refractivity contribution is 5.67. The van der Waals surface area contributed by atoms with Gasteiger partial charge in [0.05, 0.1) is 12.5 Å². The minimum Gasteiger partial charge on any atom is -0.481 e. The summed E-state index contributed by atoms with van der Waals surface area (Å²) in [5.41, 5.74) is 0.226. The molecular formula is C9H12F2N2O2. The van der Waals surface area contributed by atoms with Gasteiger partial charge < -0.3 is 5.11 Å². The summed E-state index contributed by atoms with van der Waals surface area (Å²) < 4.78 is 25.9. The van der Waals surface area contributed by atoms with E-state index in [0.29, 0.717) is 5.69 Å². The van der Waals surface area contributed by atoms with Gasteiger partial charge in [0, 0.05) is 5.69 Å². The molecule has 0 bridgehead atoms. The molecule has 0 spiro atoms. The van der Waals surface area contributed by atoms with Gasteiger partial charge in [0.15, 0.2) is 0 Å². The molecule has 0 unspecified atom stereocenters. The van der Waals surface area contributed by atoms with E-state index in [-0.39, 0.29) is 12.1 Å². The molecule has 1 heterocycles. The van der Waals surface area contributed by atoms with E-state index in [1.807, 2.05) is 0 Å². The lowest BCUT2D eigenvalue weighted by atomic mass is 10.2. The largest absolute Gasteiger partial charge is 0.481 e. The van der Waals surface area contributed by atoms with E-state index in [0.717, 1.165) is 0 Å². The Morgan fingerprint density at radius 3 is 2.67 bits per heavy atom. The third kappa shape index (κ3) is 2.74. The summed E-state index contributed by atoms with van der Waals surface area (Å²) in [5, 5.41) is 12.2. The summed E-state index contributed by atoms with van der Waals surface area (Å²) >= 11 is 0. The third-order valence-electron chi connectivity index (χ3n) is 2.05. The molecule has 1 aromatic rings. The first-order valence-corrected chi connectivity index (χ1v) is 4.47. The lowest BCUT2D eigenvalue weighted by molar-refractivity contribution is -0.137. The van der Waals surface area contributed by atoms with Crippen LogP contribution in [0.5, 0.6) is 0 Å². The fourth-order valence-corrected chi connectivity index (χ4v) is 1.40. The Morgan fingerprint density at radius 1 is 1.67 bits per heavy atom. The van der Waals surface area contributed by atoms with Crippen LogP contribution in [0.4, 0.5) is 8.78 Å². The van der Waals surface area contributed by atoms with Crippen molar-refractivity contribution in [2.24, 2.45) is 0 Å². The van der Waals surface area contributed by atoms with Gasteiger partial charge in [0.1, 0.15) is 5.69 Å². The average molecular weight is 218 g/mol. The van der Waals surface area contributed by atoms with E-state index >= 15 is 0 Å². The van der Waals surface area contributed by atoms with Crippen LogP contribution in [0.15, 0.2) is 6.07 Å². The number of alkyl halides is 2. The number of halogens is 2. The van der Waals surface area contributed by atoms with Crippen LogP contribution in [0.1, 0.15) is 37.2 Å². The van der Waals surface area contributed by atoms with Gasteiger partial charge in [-0.1, -0.05) is 0 Å². The van der Waals surface area contributed by atoms with Gasteiger partial charge in [-0.05, 0) is 19.9 Å². The van der Waals surface area contributed by atoms with Crippen LogP contribution >= 0.6 is 0 Å². The standard InChI is InChI=1S/C9H12F2N2O2/c1-5-3-7(9(10)11)12-13(5)6(2)4-8(14)15/h3,6,9H,4H2,1-2H3,(H,14,15)/t6-/m1/s1. The Labute approximate surface area is 85.5 Å². The number of aromatic nitrogens is 2. The Kier molecular flexibility index (Phi) is 3.39. The molecule has 0 aromatic carbocycles. The number of carboxylic acids is 1. The van der Waals surface area contributed by atoms with E-state index < -0.39 is 18.4 Å². The van der Waals surface area contributed by atoms with Crippen LogP contribution in [-0.2, 0) is 4.79 Å². The molecule has 0 aliphatic rings. The number of carboxylic acid groups (broad SMARTS) is 1. The van der Waals surface area contributed by atoms with Gasteiger partial charge in [0.25, 0.3) is 6.43 Å². The molecule has 15 heavy (non-hydrogen) atoms. The van der Waals surface area contributed by atoms with E-state index in [2.05, 4.69) is 5.10 Å². The summed E-state index contributed by atoms with van der Waals surface area (Å²) in [7, 11) is 0. The molecule has 1 N–H and O–H groups in total. The maximum Gasteiger partial charge on any atom is 0.305 e. The van der Waals surface area contributed by atoms with E-state index in [1.165, 1.54) is 10.7 Å². The fourth-order valence-electron chi connectivity index (χ4n) is 1.40. The number of hydrogen-bond acceptors (Lipinski definition) is 2. The molecule has 4 nitrogen and oxygen atoms in total. The van der Waals surface area contributed by atoms with Crippen molar-refractivity contribution < 1.29 is 18.7 Å². The summed E-state index contributed by atoms with van der Waals surface area (Å²) in [5.74, 6) is -0.976. The second-order valence-electron chi connectivity index (χ2n) is 3.40. The number of rotatable bonds is 4. The molecule has 1 atom stereocenters.